The van der Waals surface area contributed by atoms with Crippen LogP contribution in [0.2, 0.25) is 0 Å². The van der Waals surface area contributed by atoms with Gasteiger partial charge in [0.25, 0.3) is 5.69 Å². The van der Waals surface area contributed by atoms with Crippen LogP contribution < -0.4 is 10.1 Å². The highest BCUT2D eigenvalue weighted by atomic mass is 79.9. The lowest BCUT2D eigenvalue weighted by atomic mass is 10.2. The number of methoxy groups -OCH3 is 1. The SMILES string of the molecule is CNc1c([N+](=O)[O-])ccc(OC)c1Br. The number of halogens is 1. The van der Waals surface area contributed by atoms with Crippen LogP contribution in [0.5, 0.6) is 5.75 Å². The van der Waals surface area contributed by atoms with E-state index < -0.39 is 4.92 Å². The number of ether oxygens (including phenoxy) is 1. The predicted molar refractivity (Wildman–Crippen MR) is 56.9 cm³/mol. The third-order valence-electron chi connectivity index (χ3n) is 1.75. The Morgan fingerprint density at radius 2 is 2.21 bits per heavy atom. The van der Waals surface area contributed by atoms with E-state index in [1.807, 2.05) is 0 Å². The maximum Gasteiger partial charge on any atom is 0.293 e. The first-order valence-electron chi connectivity index (χ1n) is 3.80. The molecular weight excluding hydrogens is 252 g/mol. The molecule has 1 N–H and O–H groups in total. The van der Waals surface area contributed by atoms with Gasteiger partial charge in [-0.2, -0.15) is 0 Å². The lowest BCUT2D eigenvalue weighted by molar-refractivity contribution is -0.384. The van der Waals surface area contributed by atoms with Gasteiger partial charge in [0.1, 0.15) is 11.4 Å². The smallest absolute Gasteiger partial charge is 0.293 e. The monoisotopic (exact) mass is 260 g/mol. The number of nitro benzene ring substituents is 1. The Bertz CT molecular complexity index is 368. The van der Waals surface area contributed by atoms with Crippen LogP contribution >= 0.6 is 15.9 Å². The normalized spacial score (nSPS) is 9.64. The Labute approximate surface area is 89.3 Å². The molecule has 0 fully saturated rings. The van der Waals surface area contributed by atoms with Crippen molar-refractivity contribution < 1.29 is 9.66 Å². The Kier molecular flexibility index (Phi) is 3.29. The topological polar surface area (TPSA) is 64.4 Å². The second kappa shape index (κ2) is 4.28. The van der Waals surface area contributed by atoms with Gasteiger partial charge in [-0.05, 0) is 22.0 Å². The second-order valence-electron chi connectivity index (χ2n) is 2.48. The fourth-order valence-corrected chi connectivity index (χ4v) is 1.79. The minimum atomic E-state index is -0.448. The molecule has 0 unspecified atom stereocenters. The van der Waals surface area contributed by atoms with Gasteiger partial charge in [0.05, 0.1) is 16.5 Å². The van der Waals surface area contributed by atoms with Crippen molar-refractivity contribution in [2.75, 3.05) is 19.5 Å². The molecule has 76 valence electrons. The van der Waals surface area contributed by atoms with Crippen molar-refractivity contribution in [1.82, 2.24) is 0 Å². The molecule has 0 spiro atoms. The summed E-state index contributed by atoms with van der Waals surface area (Å²) < 4.78 is 5.57. The van der Waals surface area contributed by atoms with Crippen LogP contribution in [0.3, 0.4) is 0 Å². The summed E-state index contributed by atoms with van der Waals surface area (Å²) in [5, 5.41) is 13.4. The molecule has 0 bridgehead atoms. The molecule has 0 aromatic heterocycles. The molecule has 0 saturated carbocycles. The average molecular weight is 261 g/mol. The highest BCUT2D eigenvalue weighted by molar-refractivity contribution is 9.10. The van der Waals surface area contributed by atoms with E-state index in [-0.39, 0.29) is 5.69 Å². The molecule has 0 heterocycles. The number of hydrogen-bond donors (Lipinski definition) is 1. The van der Waals surface area contributed by atoms with E-state index >= 15 is 0 Å². The van der Waals surface area contributed by atoms with Gasteiger partial charge in [0, 0.05) is 13.1 Å². The fraction of sp³-hybridized carbons (Fsp3) is 0.250. The predicted octanol–water partition coefficient (Wildman–Crippen LogP) is 2.41. The summed E-state index contributed by atoms with van der Waals surface area (Å²) in [5.41, 5.74) is 0.425. The van der Waals surface area contributed by atoms with Gasteiger partial charge in [0.2, 0.25) is 0 Å². The largest absolute Gasteiger partial charge is 0.495 e. The number of anilines is 1. The number of nitrogens with one attached hydrogen (secondary N) is 1. The van der Waals surface area contributed by atoms with Crippen molar-refractivity contribution in [2.45, 2.75) is 0 Å². The molecule has 0 amide bonds. The lowest BCUT2D eigenvalue weighted by Crippen LogP contribution is -1.98. The number of nitro groups is 1. The molecule has 0 aliphatic rings. The van der Waals surface area contributed by atoms with Gasteiger partial charge in [-0.25, -0.2) is 0 Å². The summed E-state index contributed by atoms with van der Waals surface area (Å²) in [7, 11) is 3.12. The summed E-state index contributed by atoms with van der Waals surface area (Å²) in [4.78, 5) is 10.2. The van der Waals surface area contributed by atoms with Gasteiger partial charge in [0.15, 0.2) is 0 Å². The molecular formula is C8H9BrN2O3. The highest BCUT2D eigenvalue weighted by Gasteiger charge is 2.18. The Hall–Kier alpha value is -1.30. The minimum absolute atomic E-state index is 0.0141. The first-order chi connectivity index (χ1) is 6.61. The summed E-state index contributed by atoms with van der Waals surface area (Å²) in [6.45, 7) is 0. The van der Waals surface area contributed by atoms with E-state index in [4.69, 9.17) is 4.74 Å². The molecule has 0 aliphatic carbocycles. The van der Waals surface area contributed by atoms with E-state index in [9.17, 15) is 10.1 Å². The number of nitrogens with zero attached hydrogens (tertiary/aromatic N) is 1. The van der Waals surface area contributed by atoms with Crippen molar-refractivity contribution in [3.8, 4) is 5.75 Å². The van der Waals surface area contributed by atoms with Gasteiger partial charge < -0.3 is 10.1 Å². The maximum atomic E-state index is 10.6. The lowest BCUT2D eigenvalue weighted by Gasteiger charge is -2.08. The number of hydrogen-bond acceptors (Lipinski definition) is 4. The van der Waals surface area contributed by atoms with Crippen molar-refractivity contribution in [2.24, 2.45) is 0 Å². The van der Waals surface area contributed by atoms with Gasteiger partial charge in [-0.15, -0.1) is 0 Å². The summed E-state index contributed by atoms with van der Waals surface area (Å²) in [5.74, 6) is 0.556. The molecule has 0 radical (unpaired) electrons. The first-order valence-corrected chi connectivity index (χ1v) is 4.59. The summed E-state index contributed by atoms with van der Waals surface area (Å²) in [6.07, 6.45) is 0. The Morgan fingerprint density at radius 3 is 2.64 bits per heavy atom. The van der Waals surface area contributed by atoms with Gasteiger partial charge >= 0.3 is 0 Å². The van der Waals surface area contributed by atoms with Crippen LogP contribution in [-0.4, -0.2) is 19.1 Å². The van der Waals surface area contributed by atoms with Crippen molar-refractivity contribution in [3.05, 3.63) is 26.7 Å². The van der Waals surface area contributed by atoms with Crippen LogP contribution in [0.25, 0.3) is 0 Å². The molecule has 6 heteroatoms. The Morgan fingerprint density at radius 1 is 1.57 bits per heavy atom. The molecule has 0 aliphatic heterocycles. The van der Waals surface area contributed by atoms with E-state index in [2.05, 4.69) is 21.2 Å². The maximum absolute atomic E-state index is 10.6. The molecule has 1 aromatic carbocycles. The van der Waals surface area contributed by atoms with Crippen molar-refractivity contribution in [3.63, 3.8) is 0 Å². The molecule has 14 heavy (non-hydrogen) atoms. The van der Waals surface area contributed by atoms with E-state index in [1.54, 1.807) is 13.1 Å². The molecule has 1 rings (SSSR count). The molecule has 0 atom stereocenters. The summed E-state index contributed by atoms with van der Waals surface area (Å²) in [6, 6.07) is 2.94. The quantitative estimate of drug-likeness (QED) is 0.670. The van der Waals surface area contributed by atoms with Crippen LogP contribution in [-0.2, 0) is 0 Å². The zero-order valence-electron chi connectivity index (χ0n) is 7.70. The average Bonchev–Trinajstić information content (AvgIpc) is 2.17. The third kappa shape index (κ3) is 1.79. The van der Waals surface area contributed by atoms with Crippen molar-refractivity contribution in [1.29, 1.82) is 0 Å². The summed E-state index contributed by atoms with van der Waals surface area (Å²) >= 11 is 3.23. The second-order valence-corrected chi connectivity index (χ2v) is 3.28. The number of rotatable bonds is 3. The standard InChI is InChI=1S/C8H9BrN2O3/c1-10-8-5(11(12)13)3-4-6(14-2)7(8)9/h3-4,10H,1-2H3. The number of benzene rings is 1. The van der Waals surface area contributed by atoms with Gasteiger partial charge in [-0.3, -0.25) is 10.1 Å². The zero-order chi connectivity index (χ0) is 10.7. The zero-order valence-corrected chi connectivity index (χ0v) is 9.29. The molecule has 0 saturated heterocycles. The van der Waals surface area contributed by atoms with E-state index in [0.29, 0.717) is 15.9 Å². The highest BCUT2D eigenvalue weighted by Crippen LogP contribution is 2.38. The van der Waals surface area contributed by atoms with Crippen LogP contribution in [0.1, 0.15) is 0 Å². The van der Waals surface area contributed by atoms with Crippen LogP contribution in [0.4, 0.5) is 11.4 Å². The molecule has 1 aromatic rings. The van der Waals surface area contributed by atoms with E-state index in [0.717, 1.165) is 0 Å². The van der Waals surface area contributed by atoms with E-state index in [1.165, 1.54) is 13.2 Å². The third-order valence-corrected chi connectivity index (χ3v) is 2.54. The van der Waals surface area contributed by atoms with Crippen LogP contribution in [0, 0.1) is 10.1 Å². The van der Waals surface area contributed by atoms with Gasteiger partial charge in [-0.1, -0.05) is 0 Å². The Balaban J connectivity index is 3.35. The van der Waals surface area contributed by atoms with Crippen LogP contribution in [0.15, 0.2) is 16.6 Å². The minimum Gasteiger partial charge on any atom is -0.495 e. The molecule has 5 nitrogen and oxygen atoms in total. The first kappa shape index (κ1) is 10.8. The van der Waals surface area contributed by atoms with Crippen molar-refractivity contribution >= 4 is 27.3 Å². The fourth-order valence-electron chi connectivity index (χ4n) is 1.09.